The summed E-state index contributed by atoms with van der Waals surface area (Å²) in [5.74, 6) is -1.74. The van der Waals surface area contributed by atoms with Gasteiger partial charge in [0.1, 0.15) is 0 Å². The molecule has 2 atom stereocenters. The zero-order valence-corrected chi connectivity index (χ0v) is 22.9. The normalized spacial score (nSPS) is 24.1. The monoisotopic (exact) mass is 577 g/mol. The molecule has 41 heavy (non-hydrogen) atoms. The van der Waals surface area contributed by atoms with E-state index in [0.717, 1.165) is 33.3 Å². The van der Waals surface area contributed by atoms with Gasteiger partial charge in [0.15, 0.2) is 0 Å². The van der Waals surface area contributed by atoms with Crippen LogP contribution in [0.2, 0.25) is 10.0 Å². The molecule has 2 amide bonds. The number of amides is 2. The topological polar surface area (TPSA) is 90.5 Å². The van der Waals surface area contributed by atoms with E-state index < -0.39 is 17.3 Å². The Morgan fingerprint density at radius 2 is 1.56 bits per heavy atom. The predicted molar refractivity (Wildman–Crippen MR) is 160 cm³/mol. The number of hydrogen-bond donors (Lipinski definition) is 2. The minimum Gasteiger partial charge on any atom is -0.323 e. The summed E-state index contributed by atoms with van der Waals surface area (Å²) in [5.41, 5.74) is 8.02. The first-order valence-electron chi connectivity index (χ1n) is 13.3. The molecule has 3 aliphatic carbocycles. The number of carbonyl (C=O) groups excluding carboxylic acids is 2. The highest BCUT2D eigenvalue weighted by molar-refractivity contribution is 6.38. The highest BCUT2D eigenvalue weighted by atomic mass is 35.5. The summed E-state index contributed by atoms with van der Waals surface area (Å²) in [6, 6.07) is 28.6. The number of hydrogen-bond acceptors (Lipinski definition) is 5. The molecule has 0 spiro atoms. The Morgan fingerprint density at radius 3 is 2.27 bits per heavy atom. The molecule has 1 fully saturated rings. The second kappa shape index (κ2) is 8.77. The summed E-state index contributed by atoms with van der Waals surface area (Å²) >= 11 is 12.7. The number of nitrogens with one attached hydrogen (secondary N) is 2. The Kier molecular flexibility index (Phi) is 5.21. The van der Waals surface area contributed by atoms with E-state index in [-0.39, 0.29) is 22.8 Å². The van der Waals surface area contributed by atoms with E-state index in [9.17, 15) is 9.59 Å². The number of nitrogens with zero attached hydrogens (tertiary/aromatic N) is 3. The first kappa shape index (κ1) is 24.3. The van der Waals surface area contributed by atoms with Crippen LogP contribution in [0.5, 0.6) is 0 Å². The summed E-state index contributed by atoms with van der Waals surface area (Å²) in [7, 11) is 0. The lowest BCUT2D eigenvalue weighted by Crippen LogP contribution is -2.54. The number of aromatic nitrogens is 2. The van der Waals surface area contributed by atoms with Crippen LogP contribution in [-0.4, -0.2) is 28.0 Å². The van der Waals surface area contributed by atoms with Gasteiger partial charge in [-0.25, -0.2) is 15.3 Å². The van der Waals surface area contributed by atoms with Gasteiger partial charge in [0.2, 0.25) is 17.8 Å². The van der Waals surface area contributed by atoms with Crippen molar-refractivity contribution in [1.29, 1.82) is 0 Å². The molecule has 4 aliphatic rings. The Balaban J connectivity index is 1.32. The summed E-state index contributed by atoms with van der Waals surface area (Å²) < 4.78 is 0. The van der Waals surface area contributed by atoms with E-state index in [1.54, 1.807) is 24.4 Å². The predicted octanol–water partition coefficient (Wildman–Crippen LogP) is 6.52. The van der Waals surface area contributed by atoms with Crippen LogP contribution in [0.4, 0.5) is 11.6 Å². The molecule has 1 aromatic heterocycles. The van der Waals surface area contributed by atoms with E-state index in [1.807, 2.05) is 60.7 Å². The van der Waals surface area contributed by atoms with Crippen LogP contribution in [0.3, 0.4) is 0 Å². The van der Waals surface area contributed by atoms with Gasteiger partial charge < -0.3 is 4.98 Å². The average molecular weight is 578 g/mol. The molecule has 0 saturated carbocycles. The minimum atomic E-state index is -1.01. The smallest absolute Gasteiger partial charge is 0.239 e. The molecule has 1 aliphatic heterocycles. The molecule has 7 nitrogen and oxygen atoms in total. The van der Waals surface area contributed by atoms with Crippen molar-refractivity contribution in [1.82, 2.24) is 9.97 Å². The second-order valence-electron chi connectivity index (χ2n) is 10.6. The average Bonchev–Trinajstić information content (AvgIpc) is 3.52. The number of benzene rings is 4. The van der Waals surface area contributed by atoms with Crippen molar-refractivity contribution in [2.45, 2.75) is 11.3 Å². The molecule has 200 valence electrons. The molecule has 1 saturated heterocycles. The Hall–Kier alpha value is -4.46. The van der Waals surface area contributed by atoms with Crippen LogP contribution in [-0.2, 0) is 15.0 Å². The molecule has 2 N–H and O–H groups in total. The van der Waals surface area contributed by atoms with Crippen molar-refractivity contribution in [3.05, 3.63) is 123 Å². The third-order valence-electron chi connectivity index (χ3n) is 8.66. The first-order valence-corrected chi connectivity index (χ1v) is 14.0. The van der Waals surface area contributed by atoms with E-state index in [4.69, 9.17) is 23.2 Å². The molecular weight excluding hydrogens is 557 g/mol. The Bertz CT molecular complexity index is 1870. The fourth-order valence-electron chi connectivity index (χ4n) is 7.15. The van der Waals surface area contributed by atoms with Crippen molar-refractivity contribution in [3.8, 4) is 0 Å². The minimum absolute atomic E-state index is 0.245. The number of para-hydroxylation sites is 2. The number of rotatable bonds is 4. The largest absolute Gasteiger partial charge is 0.323 e. The van der Waals surface area contributed by atoms with Gasteiger partial charge >= 0.3 is 0 Å². The lowest BCUT2D eigenvalue weighted by atomic mass is 9.47. The second-order valence-corrected chi connectivity index (χ2v) is 11.4. The zero-order chi connectivity index (χ0) is 27.9. The third-order valence-corrected chi connectivity index (χ3v) is 9.20. The number of H-pyrrole nitrogens is 1. The highest BCUT2D eigenvalue weighted by Crippen LogP contribution is 2.63. The number of anilines is 2. The van der Waals surface area contributed by atoms with E-state index in [2.05, 4.69) is 32.6 Å². The molecule has 9 rings (SSSR count). The Morgan fingerprint density at radius 1 is 0.878 bits per heavy atom. The van der Waals surface area contributed by atoms with Crippen molar-refractivity contribution in [3.63, 3.8) is 0 Å². The standard InChI is InChI=1S/C32H21Cl2N5O2/c33-17-13-14-25(22(34)15-17)39-29(40)27-26-18-7-1-3-9-20(18)32(28(27)30(39)41,21-10-4-2-8-19(21)26)16-35-38-31-36-23-11-5-6-12-24(23)37-31/h1-16,26-28H,(H2,36,37,38)/b35-16-/t26?,27-,28+,32?/m1/s1. The number of aromatic amines is 1. The van der Waals surface area contributed by atoms with Crippen LogP contribution in [0, 0.1) is 11.8 Å². The van der Waals surface area contributed by atoms with Crippen LogP contribution in [0.15, 0.2) is 96.1 Å². The van der Waals surface area contributed by atoms with Crippen molar-refractivity contribution in [2.24, 2.45) is 16.9 Å². The van der Waals surface area contributed by atoms with E-state index >= 15 is 0 Å². The zero-order valence-electron chi connectivity index (χ0n) is 21.4. The summed E-state index contributed by atoms with van der Waals surface area (Å²) in [6.45, 7) is 0. The highest BCUT2D eigenvalue weighted by Gasteiger charge is 2.68. The molecular formula is C32H21Cl2N5O2. The SMILES string of the molecule is O=C1[C@@H]2C3c4ccccc4C(/C=N\Nc4nc5ccccc5[nH]4)(c4ccccc43)[C@@H]2C(=O)N1c1ccc(Cl)cc1Cl. The summed E-state index contributed by atoms with van der Waals surface area (Å²) in [5, 5.41) is 5.35. The van der Waals surface area contributed by atoms with Crippen molar-refractivity contribution >= 4 is 63.9 Å². The number of fused-ring (bicyclic) bond motifs is 1. The number of hydrazone groups is 1. The fraction of sp³-hybridized carbons (Fsp3) is 0.125. The van der Waals surface area contributed by atoms with Crippen LogP contribution >= 0.6 is 23.2 Å². The van der Waals surface area contributed by atoms with Gasteiger partial charge in [0.05, 0.1) is 39.0 Å². The molecule has 0 radical (unpaired) electrons. The fourth-order valence-corrected chi connectivity index (χ4v) is 7.64. The van der Waals surface area contributed by atoms with Gasteiger partial charge in [-0.3, -0.25) is 9.59 Å². The van der Waals surface area contributed by atoms with Crippen molar-refractivity contribution in [2.75, 3.05) is 10.3 Å². The first-order chi connectivity index (χ1) is 20.0. The molecule has 9 heteroatoms. The van der Waals surface area contributed by atoms with Crippen LogP contribution in [0.25, 0.3) is 11.0 Å². The van der Waals surface area contributed by atoms with Gasteiger partial charge in [-0.15, -0.1) is 0 Å². The number of imidazole rings is 1. The lowest BCUT2D eigenvalue weighted by Gasteiger charge is -2.52. The van der Waals surface area contributed by atoms with E-state index in [0.29, 0.717) is 16.7 Å². The number of carbonyl (C=O) groups is 2. The maximum Gasteiger partial charge on any atom is 0.239 e. The van der Waals surface area contributed by atoms with E-state index in [1.165, 1.54) is 4.90 Å². The molecule has 2 heterocycles. The third kappa shape index (κ3) is 3.27. The summed E-state index contributed by atoms with van der Waals surface area (Å²) in [6.07, 6.45) is 1.78. The van der Waals surface area contributed by atoms with Gasteiger partial charge in [0, 0.05) is 17.2 Å². The maximum absolute atomic E-state index is 14.5. The maximum atomic E-state index is 14.5. The Labute approximate surface area is 244 Å². The number of imide groups is 1. The van der Waals surface area contributed by atoms with Gasteiger partial charge in [0.25, 0.3) is 0 Å². The lowest BCUT2D eigenvalue weighted by molar-refractivity contribution is -0.122. The van der Waals surface area contributed by atoms with Crippen LogP contribution < -0.4 is 10.3 Å². The van der Waals surface area contributed by atoms with Gasteiger partial charge in [-0.1, -0.05) is 83.9 Å². The molecule has 2 bridgehead atoms. The van der Waals surface area contributed by atoms with Gasteiger partial charge in [-0.2, -0.15) is 5.10 Å². The van der Waals surface area contributed by atoms with Crippen LogP contribution in [0.1, 0.15) is 28.2 Å². The van der Waals surface area contributed by atoms with Gasteiger partial charge in [-0.05, 0) is 52.6 Å². The molecule has 0 unspecified atom stereocenters. The molecule has 5 aromatic rings. The quantitative estimate of drug-likeness (QED) is 0.144. The molecule has 4 aromatic carbocycles. The van der Waals surface area contributed by atoms with Crippen molar-refractivity contribution < 1.29 is 9.59 Å². The summed E-state index contributed by atoms with van der Waals surface area (Å²) in [4.78, 5) is 37.8. The number of halogens is 2.